The van der Waals surface area contributed by atoms with E-state index in [2.05, 4.69) is 16.0 Å². The van der Waals surface area contributed by atoms with E-state index in [0.717, 1.165) is 41.9 Å². The van der Waals surface area contributed by atoms with Crippen LogP contribution >= 0.6 is 0 Å². The average Bonchev–Trinajstić information content (AvgIpc) is 2.79. The summed E-state index contributed by atoms with van der Waals surface area (Å²) in [7, 11) is 1.67. The monoisotopic (exact) mass is 274 g/mol. The summed E-state index contributed by atoms with van der Waals surface area (Å²) >= 11 is 0. The summed E-state index contributed by atoms with van der Waals surface area (Å²) in [6, 6.07) is 5.98. The summed E-state index contributed by atoms with van der Waals surface area (Å²) in [5.41, 5.74) is 3.41. The van der Waals surface area contributed by atoms with Crippen molar-refractivity contribution in [3.63, 3.8) is 0 Å². The third-order valence-corrected chi connectivity index (χ3v) is 3.88. The largest absolute Gasteiger partial charge is 0.495 e. The molecule has 0 aliphatic carbocycles. The fourth-order valence-electron chi connectivity index (χ4n) is 3.02. The number of benzene rings is 1. The van der Waals surface area contributed by atoms with E-state index in [1.807, 2.05) is 12.1 Å². The first-order valence-corrected chi connectivity index (χ1v) is 6.82. The molecular formula is C15H18N2O3. The van der Waals surface area contributed by atoms with Gasteiger partial charge in [0, 0.05) is 37.1 Å². The second kappa shape index (κ2) is 5.17. The number of para-hydroxylation sites is 1. The second-order valence-corrected chi connectivity index (χ2v) is 5.00. The van der Waals surface area contributed by atoms with Gasteiger partial charge in [-0.05, 0) is 18.1 Å². The van der Waals surface area contributed by atoms with Gasteiger partial charge in [-0.3, -0.25) is 4.79 Å². The van der Waals surface area contributed by atoms with Crippen LogP contribution in [0.1, 0.15) is 17.7 Å². The number of aryl methyl sites for hydroxylation is 1. The maximum absolute atomic E-state index is 10.9. The Morgan fingerprint density at radius 3 is 3.10 bits per heavy atom. The Bertz CT molecular complexity index is 661. The third kappa shape index (κ3) is 2.04. The van der Waals surface area contributed by atoms with E-state index in [1.54, 1.807) is 7.11 Å². The molecule has 0 spiro atoms. The quantitative estimate of drug-likeness (QED) is 0.892. The van der Waals surface area contributed by atoms with Crippen LogP contribution in [0, 0.1) is 0 Å². The molecule has 0 bridgehead atoms. The predicted molar refractivity (Wildman–Crippen MR) is 76.2 cm³/mol. The van der Waals surface area contributed by atoms with Crippen LogP contribution in [0.5, 0.6) is 5.75 Å². The Labute approximate surface area is 117 Å². The van der Waals surface area contributed by atoms with Crippen molar-refractivity contribution in [3.05, 3.63) is 29.5 Å². The standard InChI is InChI=1S/C15H18N2O3/c1-20-13-4-2-3-11-10(5-6-14(18)19)12-9-16-7-8-17(12)15(11)13/h2-4,16H,5-9H2,1H3,(H,18,19). The lowest BCUT2D eigenvalue weighted by molar-refractivity contribution is -0.136. The average molecular weight is 274 g/mol. The van der Waals surface area contributed by atoms with Gasteiger partial charge in [0.1, 0.15) is 5.75 Å². The lowest BCUT2D eigenvalue weighted by atomic mass is 10.0. The fourth-order valence-corrected chi connectivity index (χ4v) is 3.02. The van der Waals surface area contributed by atoms with Crippen molar-refractivity contribution in [2.24, 2.45) is 0 Å². The summed E-state index contributed by atoms with van der Waals surface area (Å²) in [5, 5.41) is 13.4. The molecular weight excluding hydrogens is 256 g/mol. The topological polar surface area (TPSA) is 63.5 Å². The summed E-state index contributed by atoms with van der Waals surface area (Å²) in [4.78, 5) is 10.9. The molecule has 20 heavy (non-hydrogen) atoms. The molecule has 5 heteroatoms. The first-order valence-electron chi connectivity index (χ1n) is 6.82. The maximum Gasteiger partial charge on any atom is 0.303 e. The Hall–Kier alpha value is -2.01. The number of ether oxygens (including phenoxy) is 1. The van der Waals surface area contributed by atoms with Crippen LogP contribution in [-0.4, -0.2) is 29.3 Å². The number of nitrogens with zero attached hydrogens (tertiary/aromatic N) is 1. The molecule has 0 radical (unpaired) electrons. The number of nitrogens with one attached hydrogen (secondary N) is 1. The molecule has 0 saturated heterocycles. The summed E-state index contributed by atoms with van der Waals surface area (Å²) in [6.07, 6.45) is 0.715. The minimum absolute atomic E-state index is 0.156. The van der Waals surface area contributed by atoms with E-state index in [9.17, 15) is 4.79 Å². The minimum Gasteiger partial charge on any atom is -0.495 e. The van der Waals surface area contributed by atoms with Gasteiger partial charge in [0.15, 0.2) is 0 Å². The summed E-state index contributed by atoms with van der Waals surface area (Å²) in [5.74, 6) is 0.0944. The molecule has 106 valence electrons. The number of rotatable bonds is 4. The van der Waals surface area contributed by atoms with Crippen LogP contribution in [0.25, 0.3) is 10.9 Å². The van der Waals surface area contributed by atoms with Gasteiger partial charge >= 0.3 is 5.97 Å². The zero-order valence-corrected chi connectivity index (χ0v) is 11.5. The molecule has 2 heterocycles. The molecule has 1 aliphatic rings. The van der Waals surface area contributed by atoms with Crippen molar-refractivity contribution < 1.29 is 14.6 Å². The number of carboxylic acids is 1. The van der Waals surface area contributed by atoms with Gasteiger partial charge in [0.25, 0.3) is 0 Å². The van der Waals surface area contributed by atoms with Crippen molar-refractivity contribution >= 4 is 16.9 Å². The first kappa shape index (κ1) is 13.0. The highest BCUT2D eigenvalue weighted by Gasteiger charge is 2.21. The normalized spacial score (nSPS) is 14.2. The summed E-state index contributed by atoms with van der Waals surface area (Å²) < 4.78 is 7.74. The molecule has 5 nitrogen and oxygen atoms in total. The highest BCUT2D eigenvalue weighted by Crippen LogP contribution is 2.34. The van der Waals surface area contributed by atoms with Crippen molar-refractivity contribution in [2.45, 2.75) is 25.9 Å². The van der Waals surface area contributed by atoms with E-state index in [-0.39, 0.29) is 6.42 Å². The molecule has 0 atom stereocenters. The van der Waals surface area contributed by atoms with E-state index in [1.165, 1.54) is 5.69 Å². The van der Waals surface area contributed by atoms with Crippen LogP contribution in [0.3, 0.4) is 0 Å². The number of methoxy groups -OCH3 is 1. The number of aromatic nitrogens is 1. The molecule has 0 fully saturated rings. The van der Waals surface area contributed by atoms with Crippen molar-refractivity contribution in [1.29, 1.82) is 0 Å². The predicted octanol–water partition coefficient (Wildman–Crippen LogP) is 1.77. The van der Waals surface area contributed by atoms with Gasteiger partial charge in [-0.25, -0.2) is 0 Å². The number of aliphatic carboxylic acids is 1. The Balaban J connectivity index is 2.19. The van der Waals surface area contributed by atoms with Crippen LogP contribution in [0.4, 0.5) is 0 Å². The van der Waals surface area contributed by atoms with Gasteiger partial charge in [0.2, 0.25) is 0 Å². The zero-order chi connectivity index (χ0) is 14.1. The smallest absolute Gasteiger partial charge is 0.303 e. The molecule has 2 aromatic rings. The van der Waals surface area contributed by atoms with Crippen LogP contribution in [-0.2, 0) is 24.3 Å². The van der Waals surface area contributed by atoms with E-state index >= 15 is 0 Å². The Kier molecular flexibility index (Phi) is 3.36. The lowest BCUT2D eigenvalue weighted by Gasteiger charge is -2.19. The van der Waals surface area contributed by atoms with Crippen molar-refractivity contribution in [3.8, 4) is 5.75 Å². The number of hydrogen-bond acceptors (Lipinski definition) is 3. The highest BCUT2D eigenvalue weighted by molar-refractivity contribution is 5.91. The van der Waals surface area contributed by atoms with Gasteiger partial charge in [0.05, 0.1) is 12.6 Å². The van der Waals surface area contributed by atoms with Gasteiger partial charge in [-0.15, -0.1) is 0 Å². The van der Waals surface area contributed by atoms with E-state index in [0.29, 0.717) is 6.42 Å². The molecule has 0 saturated carbocycles. The van der Waals surface area contributed by atoms with Gasteiger partial charge in [-0.1, -0.05) is 12.1 Å². The molecule has 1 aliphatic heterocycles. The van der Waals surface area contributed by atoms with Gasteiger partial charge < -0.3 is 19.7 Å². The molecule has 3 rings (SSSR count). The molecule has 1 aromatic carbocycles. The first-order chi connectivity index (χ1) is 9.72. The Morgan fingerprint density at radius 1 is 1.50 bits per heavy atom. The Morgan fingerprint density at radius 2 is 2.35 bits per heavy atom. The van der Waals surface area contributed by atoms with Gasteiger partial charge in [-0.2, -0.15) is 0 Å². The molecule has 1 aromatic heterocycles. The third-order valence-electron chi connectivity index (χ3n) is 3.88. The number of carbonyl (C=O) groups is 1. The molecule has 0 unspecified atom stereocenters. The lowest BCUT2D eigenvalue weighted by Crippen LogP contribution is -2.28. The number of carboxylic acid groups (broad SMARTS) is 1. The second-order valence-electron chi connectivity index (χ2n) is 5.00. The maximum atomic E-state index is 10.9. The van der Waals surface area contributed by atoms with Crippen molar-refractivity contribution in [1.82, 2.24) is 9.88 Å². The van der Waals surface area contributed by atoms with Crippen LogP contribution < -0.4 is 10.1 Å². The number of hydrogen-bond donors (Lipinski definition) is 2. The van der Waals surface area contributed by atoms with Crippen LogP contribution in [0.15, 0.2) is 18.2 Å². The SMILES string of the molecule is COc1cccc2c(CCC(=O)O)c3n(c12)CCNC3. The molecule has 0 amide bonds. The minimum atomic E-state index is -0.759. The van der Waals surface area contributed by atoms with E-state index < -0.39 is 5.97 Å². The summed E-state index contributed by atoms with van der Waals surface area (Å²) in [6.45, 7) is 2.60. The zero-order valence-electron chi connectivity index (χ0n) is 11.5. The van der Waals surface area contributed by atoms with Crippen molar-refractivity contribution in [2.75, 3.05) is 13.7 Å². The fraction of sp³-hybridized carbons (Fsp3) is 0.400. The van der Waals surface area contributed by atoms with Crippen LogP contribution in [0.2, 0.25) is 0 Å². The molecule has 2 N–H and O–H groups in total. The van der Waals surface area contributed by atoms with E-state index in [4.69, 9.17) is 9.84 Å². The number of fused-ring (bicyclic) bond motifs is 3. The highest BCUT2D eigenvalue weighted by atomic mass is 16.5.